The van der Waals surface area contributed by atoms with E-state index in [0.717, 1.165) is 5.56 Å². The van der Waals surface area contributed by atoms with Gasteiger partial charge in [-0.2, -0.15) is 5.26 Å². The highest BCUT2D eigenvalue weighted by Gasteiger charge is 2.14. The molecular formula is C19H17N3O3. The zero-order valence-electron chi connectivity index (χ0n) is 13.9. The van der Waals surface area contributed by atoms with Crippen LogP contribution < -0.4 is 5.32 Å². The molecule has 0 fully saturated rings. The number of hydrogen-bond donors (Lipinski definition) is 1. The fourth-order valence-corrected chi connectivity index (χ4v) is 2.29. The molecule has 2 rings (SSSR count). The Hall–Kier alpha value is -3.46. The number of nitro groups is 1. The van der Waals surface area contributed by atoms with Crippen molar-refractivity contribution in [3.63, 3.8) is 0 Å². The largest absolute Gasteiger partial charge is 0.321 e. The number of aryl methyl sites for hydroxylation is 2. The highest BCUT2D eigenvalue weighted by atomic mass is 16.6. The number of hydrogen-bond acceptors (Lipinski definition) is 4. The van der Waals surface area contributed by atoms with Crippen molar-refractivity contribution >= 4 is 23.4 Å². The standard InChI is InChI=1S/C19H17N3O3/c1-3-15-7-6-14(11-18(15)22(24)25)10-16(12-20)19(23)21-17-8-4-13(2)5-9-17/h4-11H,3H2,1-2H3,(H,21,23)/b16-10+. The number of rotatable bonds is 5. The molecule has 0 spiro atoms. The van der Waals surface area contributed by atoms with Crippen LogP contribution in [0.1, 0.15) is 23.6 Å². The molecule has 0 atom stereocenters. The summed E-state index contributed by atoms with van der Waals surface area (Å²) in [6, 6.07) is 13.7. The first kappa shape index (κ1) is 17.9. The summed E-state index contributed by atoms with van der Waals surface area (Å²) >= 11 is 0. The normalized spacial score (nSPS) is 10.8. The molecule has 6 heteroatoms. The van der Waals surface area contributed by atoms with Gasteiger partial charge in [0, 0.05) is 17.3 Å². The lowest BCUT2D eigenvalue weighted by Crippen LogP contribution is -2.13. The summed E-state index contributed by atoms with van der Waals surface area (Å²) in [5, 5.41) is 23.0. The Morgan fingerprint density at radius 3 is 2.52 bits per heavy atom. The van der Waals surface area contributed by atoms with Gasteiger partial charge in [-0.05, 0) is 37.1 Å². The van der Waals surface area contributed by atoms with Gasteiger partial charge in [0.1, 0.15) is 11.6 Å². The number of nitro benzene ring substituents is 1. The summed E-state index contributed by atoms with van der Waals surface area (Å²) in [4.78, 5) is 22.9. The maximum absolute atomic E-state index is 12.2. The SMILES string of the molecule is CCc1ccc(/C=C(\C#N)C(=O)Nc2ccc(C)cc2)cc1[N+](=O)[O-]. The van der Waals surface area contributed by atoms with Gasteiger partial charge < -0.3 is 5.32 Å². The van der Waals surface area contributed by atoms with Crippen LogP contribution in [0.4, 0.5) is 11.4 Å². The van der Waals surface area contributed by atoms with Gasteiger partial charge in [-0.3, -0.25) is 14.9 Å². The second kappa shape index (κ2) is 7.88. The minimum absolute atomic E-state index is 0.0208. The van der Waals surface area contributed by atoms with Crippen LogP contribution in [-0.2, 0) is 11.2 Å². The average molecular weight is 335 g/mol. The Kier molecular flexibility index (Phi) is 5.64. The van der Waals surface area contributed by atoms with Crippen molar-refractivity contribution in [3.8, 4) is 6.07 Å². The molecule has 25 heavy (non-hydrogen) atoms. The molecule has 0 saturated carbocycles. The lowest BCUT2D eigenvalue weighted by atomic mass is 10.0. The first-order valence-corrected chi connectivity index (χ1v) is 7.71. The Morgan fingerprint density at radius 1 is 1.28 bits per heavy atom. The van der Waals surface area contributed by atoms with Crippen molar-refractivity contribution in [2.45, 2.75) is 20.3 Å². The number of carbonyl (C=O) groups is 1. The highest BCUT2D eigenvalue weighted by Crippen LogP contribution is 2.22. The van der Waals surface area contributed by atoms with Crippen molar-refractivity contribution in [2.24, 2.45) is 0 Å². The van der Waals surface area contributed by atoms with Gasteiger partial charge in [0.2, 0.25) is 0 Å². The fraction of sp³-hybridized carbons (Fsp3) is 0.158. The van der Waals surface area contributed by atoms with Gasteiger partial charge in [0.05, 0.1) is 4.92 Å². The van der Waals surface area contributed by atoms with Gasteiger partial charge in [0.15, 0.2) is 0 Å². The van der Waals surface area contributed by atoms with E-state index in [1.165, 1.54) is 12.1 Å². The number of amides is 1. The summed E-state index contributed by atoms with van der Waals surface area (Å²) in [6.45, 7) is 3.76. The van der Waals surface area contributed by atoms with Gasteiger partial charge in [-0.15, -0.1) is 0 Å². The molecule has 2 aromatic rings. The summed E-state index contributed by atoms with van der Waals surface area (Å²) < 4.78 is 0. The van der Waals surface area contributed by atoms with E-state index < -0.39 is 10.8 Å². The van der Waals surface area contributed by atoms with Crippen LogP contribution in [0.3, 0.4) is 0 Å². The maximum Gasteiger partial charge on any atom is 0.273 e. The number of anilines is 1. The quantitative estimate of drug-likeness (QED) is 0.386. The van der Waals surface area contributed by atoms with E-state index >= 15 is 0 Å². The molecule has 0 heterocycles. The Balaban J connectivity index is 2.29. The molecular weight excluding hydrogens is 318 g/mol. The Bertz CT molecular complexity index is 878. The zero-order chi connectivity index (χ0) is 18.4. The lowest BCUT2D eigenvalue weighted by molar-refractivity contribution is -0.385. The third-order valence-electron chi connectivity index (χ3n) is 3.67. The van der Waals surface area contributed by atoms with E-state index in [0.29, 0.717) is 23.2 Å². The van der Waals surface area contributed by atoms with Gasteiger partial charge in [-0.1, -0.05) is 36.8 Å². The third-order valence-corrected chi connectivity index (χ3v) is 3.67. The molecule has 1 amide bonds. The van der Waals surface area contributed by atoms with Gasteiger partial charge in [-0.25, -0.2) is 0 Å². The third kappa shape index (κ3) is 4.52. The maximum atomic E-state index is 12.2. The van der Waals surface area contributed by atoms with Gasteiger partial charge >= 0.3 is 0 Å². The van der Waals surface area contributed by atoms with Crippen LogP contribution in [-0.4, -0.2) is 10.8 Å². The Labute approximate surface area is 145 Å². The molecule has 0 saturated heterocycles. The number of nitrogens with zero attached hydrogens (tertiary/aromatic N) is 2. The van der Waals surface area contributed by atoms with Crippen molar-refractivity contribution in [2.75, 3.05) is 5.32 Å². The van der Waals surface area contributed by atoms with E-state index in [4.69, 9.17) is 0 Å². The van der Waals surface area contributed by atoms with Crippen LogP contribution in [0.5, 0.6) is 0 Å². The molecule has 0 aliphatic rings. The second-order valence-electron chi connectivity index (χ2n) is 5.49. The number of carbonyl (C=O) groups excluding carboxylic acids is 1. The first-order valence-electron chi connectivity index (χ1n) is 7.71. The van der Waals surface area contributed by atoms with Crippen LogP contribution >= 0.6 is 0 Å². The van der Waals surface area contributed by atoms with E-state index in [1.807, 2.05) is 32.0 Å². The molecule has 0 aliphatic carbocycles. The Morgan fingerprint density at radius 2 is 1.96 bits per heavy atom. The molecule has 126 valence electrons. The first-order chi connectivity index (χ1) is 11.9. The van der Waals surface area contributed by atoms with E-state index in [2.05, 4.69) is 5.32 Å². The second-order valence-corrected chi connectivity index (χ2v) is 5.49. The summed E-state index contributed by atoms with van der Waals surface area (Å²) in [7, 11) is 0. The number of benzene rings is 2. The van der Waals surface area contributed by atoms with Crippen LogP contribution in [0.25, 0.3) is 6.08 Å². The van der Waals surface area contributed by atoms with Crippen molar-refractivity contribution < 1.29 is 9.72 Å². The molecule has 0 aliphatic heterocycles. The van der Waals surface area contributed by atoms with Crippen molar-refractivity contribution in [3.05, 3.63) is 74.8 Å². The van der Waals surface area contributed by atoms with Crippen LogP contribution in [0.15, 0.2) is 48.0 Å². The molecule has 0 radical (unpaired) electrons. The van der Waals surface area contributed by atoms with E-state index in [-0.39, 0.29) is 11.3 Å². The lowest BCUT2D eigenvalue weighted by Gasteiger charge is -2.05. The van der Waals surface area contributed by atoms with Gasteiger partial charge in [0.25, 0.3) is 11.6 Å². The highest BCUT2D eigenvalue weighted by molar-refractivity contribution is 6.09. The molecule has 2 aromatic carbocycles. The molecule has 0 unspecified atom stereocenters. The van der Waals surface area contributed by atoms with Crippen LogP contribution in [0.2, 0.25) is 0 Å². The zero-order valence-corrected chi connectivity index (χ0v) is 13.9. The molecule has 0 aromatic heterocycles. The predicted molar refractivity (Wildman–Crippen MR) is 95.9 cm³/mol. The van der Waals surface area contributed by atoms with Crippen LogP contribution in [0, 0.1) is 28.4 Å². The summed E-state index contributed by atoms with van der Waals surface area (Å²) in [5.41, 5.74) is 2.51. The van der Waals surface area contributed by atoms with E-state index in [9.17, 15) is 20.2 Å². The number of nitrogens with one attached hydrogen (secondary N) is 1. The number of nitriles is 1. The summed E-state index contributed by atoms with van der Waals surface area (Å²) in [6.07, 6.45) is 1.87. The smallest absolute Gasteiger partial charge is 0.273 e. The predicted octanol–water partition coefficient (Wildman–Crippen LogP) is 4.01. The monoisotopic (exact) mass is 335 g/mol. The minimum atomic E-state index is -0.562. The molecule has 0 bridgehead atoms. The average Bonchev–Trinajstić information content (AvgIpc) is 2.61. The van der Waals surface area contributed by atoms with Crippen molar-refractivity contribution in [1.82, 2.24) is 0 Å². The molecule has 1 N–H and O–H groups in total. The summed E-state index contributed by atoms with van der Waals surface area (Å²) in [5.74, 6) is -0.562. The van der Waals surface area contributed by atoms with E-state index in [1.54, 1.807) is 24.3 Å². The topological polar surface area (TPSA) is 96.0 Å². The fourth-order valence-electron chi connectivity index (χ4n) is 2.29. The van der Waals surface area contributed by atoms with Crippen molar-refractivity contribution in [1.29, 1.82) is 5.26 Å². The minimum Gasteiger partial charge on any atom is -0.321 e. The molecule has 6 nitrogen and oxygen atoms in total.